The number of hydrogen-bond donors (Lipinski definition) is 2. The van der Waals surface area contributed by atoms with E-state index in [1.807, 2.05) is 58.9 Å². The average molecular weight is 644 g/mol. The van der Waals surface area contributed by atoms with Crippen LogP contribution in [0.1, 0.15) is 101 Å². The SMILES string of the molecule is Cc1nc(C)c(C(OC(C)(C)C)C(=O)O)c(N2CCC(C)(C)CC2)c1-c1ccc(CNC(=O)C2(Cc3ccc(F)cc3)CCC2)cc1. The number of nitrogens with one attached hydrogen (secondary N) is 1. The minimum atomic E-state index is -1.17. The van der Waals surface area contributed by atoms with E-state index in [2.05, 4.69) is 24.1 Å². The Balaban J connectivity index is 1.44. The maximum absolute atomic E-state index is 13.4. The van der Waals surface area contributed by atoms with Gasteiger partial charge in [0, 0.05) is 42.1 Å². The van der Waals surface area contributed by atoms with Crippen LogP contribution in [0.3, 0.4) is 0 Å². The third-order valence-corrected chi connectivity index (χ3v) is 9.91. The van der Waals surface area contributed by atoms with E-state index in [1.165, 1.54) is 12.1 Å². The Labute approximate surface area is 278 Å². The van der Waals surface area contributed by atoms with E-state index in [0.717, 1.165) is 78.8 Å². The molecule has 7 nitrogen and oxygen atoms in total. The van der Waals surface area contributed by atoms with Crippen LogP contribution >= 0.6 is 0 Å². The van der Waals surface area contributed by atoms with E-state index < -0.39 is 23.1 Å². The van der Waals surface area contributed by atoms with Gasteiger partial charge in [0.2, 0.25) is 5.91 Å². The molecule has 2 N–H and O–H groups in total. The molecule has 0 bridgehead atoms. The number of carbonyl (C=O) groups is 2. The van der Waals surface area contributed by atoms with Crippen LogP contribution in [-0.4, -0.2) is 40.7 Å². The number of aryl methyl sites for hydroxylation is 2. The number of hydrogen-bond acceptors (Lipinski definition) is 5. The van der Waals surface area contributed by atoms with Gasteiger partial charge in [0.25, 0.3) is 0 Å². The molecule has 2 heterocycles. The summed E-state index contributed by atoms with van der Waals surface area (Å²) in [5.74, 6) is -1.27. The summed E-state index contributed by atoms with van der Waals surface area (Å²) in [6, 6.07) is 14.6. The summed E-state index contributed by atoms with van der Waals surface area (Å²) >= 11 is 0. The van der Waals surface area contributed by atoms with Gasteiger partial charge < -0.3 is 20.1 Å². The number of carbonyl (C=O) groups excluding carboxylic acids is 1. The number of halogens is 1. The van der Waals surface area contributed by atoms with E-state index in [-0.39, 0.29) is 17.1 Å². The average Bonchev–Trinajstić information content (AvgIpc) is 2.97. The van der Waals surface area contributed by atoms with Gasteiger partial charge in [0.1, 0.15) is 5.82 Å². The van der Waals surface area contributed by atoms with Crippen molar-refractivity contribution in [2.75, 3.05) is 18.0 Å². The second-order valence-electron chi connectivity index (χ2n) is 15.3. The van der Waals surface area contributed by atoms with Crippen molar-refractivity contribution in [3.8, 4) is 11.1 Å². The highest BCUT2D eigenvalue weighted by molar-refractivity contribution is 5.88. The summed E-state index contributed by atoms with van der Waals surface area (Å²) in [7, 11) is 0. The topological polar surface area (TPSA) is 91.8 Å². The normalized spacial score (nSPS) is 17.9. The van der Waals surface area contributed by atoms with Crippen LogP contribution in [0.2, 0.25) is 0 Å². The largest absolute Gasteiger partial charge is 0.479 e. The lowest BCUT2D eigenvalue weighted by molar-refractivity contribution is -0.160. The number of carboxylic acid groups (broad SMARTS) is 1. The van der Waals surface area contributed by atoms with Crippen molar-refractivity contribution in [3.63, 3.8) is 0 Å². The standard InChI is InChI=1S/C39H50FN3O4/c1-25-31(33(43-21-19-38(6,7)20-22-43)32(26(2)42-25)34(35(44)45)47-37(3,4)5)29-13-9-28(10-14-29)24-41-36(46)39(17-8-18-39)23-27-11-15-30(40)16-12-27/h9-16,34H,8,17-24H2,1-7H3,(H,41,46)(H,44,45). The van der Waals surface area contributed by atoms with Gasteiger partial charge in [-0.3, -0.25) is 9.78 Å². The monoisotopic (exact) mass is 643 g/mol. The van der Waals surface area contributed by atoms with Gasteiger partial charge in [-0.15, -0.1) is 0 Å². The van der Waals surface area contributed by atoms with Crippen LogP contribution in [0.25, 0.3) is 11.1 Å². The van der Waals surface area contributed by atoms with Crippen molar-refractivity contribution in [2.24, 2.45) is 10.8 Å². The molecule has 1 amide bonds. The molecule has 8 heteroatoms. The molecule has 2 aromatic carbocycles. The predicted molar refractivity (Wildman–Crippen MR) is 184 cm³/mol. The quantitative estimate of drug-likeness (QED) is 0.232. The Morgan fingerprint density at radius 2 is 1.55 bits per heavy atom. The molecule has 0 radical (unpaired) electrons. The number of ether oxygens (including phenoxy) is 1. The van der Waals surface area contributed by atoms with Crippen LogP contribution in [-0.2, 0) is 27.3 Å². The lowest BCUT2D eigenvalue weighted by atomic mass is 9.64. The fourth-order valence-corrected chi connectivity index (χ4v) is 6.99. The molecule has 2 aliphatic rings. The molecule has 1 aliphatic carbocycles. The Morgan fingerprint density at radius 1 is 0.957 bits per heavy atom. The van der Waals surface area contributed by atoms with Crippen molar-refractivity contribution in [1.82, 2.24) is 10.3 Å². The maximum atomic E-state index is 13.4. The zero-order chi connectivity index (χ0) is 34.1. The first kappa shape index (κ1) is 34.6. The van der Waals surface area contributed by atoms with Gasteiger partial charge in [-0.25, -0.2) is 9.18 Å². The molecule has 5 rings (SSSR count). The number of benzene rings is 2. The predicted octanol–water partition coefficient (Wildman–Crippen LogP) is 8.10. The van der Waals surface area contributed by atoms with Gasteiger partial charge in [0.05, 0.1) is 16.7 Å². The number of nitrogens with zero attached hydrogens (tertiary/aromatic N) is 2. The van der Waals surface area contributed by atoms with E-state index >= 15 is 0 Å². The lowest BCUT2D eigenvalue weighted by Crippen LogP contribution is -2.46. The first-order valence-corrected chi connectivity index (χ1v) is 16.9. The lowest BCUT2D eigenvalue weighted by Gasteiger charge is -2.41. The molecule has 3 aromatic rings. The minimum absolute atomic E-state index is 0.0363. The van der Waals surface area contributed by atoms with Crippen molar-refractivity contribution in [3.05, 3.63) is 82.4 Å². The Morgan fingerprint density at radius 3 is 2.09 bits per heavy atom. The number of rotatable bonds is 10. The van der Waals surface area contributed by atoms with Crippen LogP contribution in [0.5, 0.6) is 0 Å². The number of piperidine rings is 1. The molecule has 252 valence electrons. The van der Waals surface area contributed by atoms with E-state index in [1.54, 1.807) is 12.1 Å². The van der Waals surface area contributed by atoms with Gasteiger partial charge in [0.15, 0.2) is 6.10 Å². The van der Waals surface area contributed by atoms with Crippen LogP contribution < -0.4 is 10.2 Å². The molecule has 47 heavy (non-hydrogen) atoms. The highest BCUT2D eigenvalue weighted by Gasteiger charge is 2.44. The maximum Gasteiger partial charge on any atom is 0.337 e. The van der Waals surface area contributed by atoms with Crippen molar-refractivity contribution >= 4 is 17.6 Å². The molecular weight excluding hydrogens is 593 g/mol. The molecule has 1 saturated carbocycles. The Hall–Kier alpha value is -3.78. The van der Waals surface area contributed by atoms with Crippen LogP contribution in [0.4, 0.5) is 10.1 Å². The van der Waals surface area contributed by atoms with Gasteiger partial charge in [-0.2, -0.15) is 0 Å². The highest BCUT2D eigenvalue weighted by atomic mass is 19.1. The van der Waals surface area contributed by atoms with Gasteiger partial charge in [-0.1, -0.05) is 56.7 Å². The second-order valence-corrected chi connectivity index (χ2v) is 15.3. The van der Waals surface area contributed by atoms with Gasteiger partial charge in [-0.05, 0) is 101 Å². The molecule has 0 spiro atoms. The molecule has 1 atom stereocenters. The summed E-state index contributed by atoms with van der Waals surface area (Å²) < 4.78 is 19.6. The zero-order valence-electron chi connectivity index (χ0n) is 29.0. The highest BCUT2D eigenvalue weighted by Crippen LogP contribution is 2.46. The molecule has 1 saturated heterocycles. The Kier molecular flexibility index (Phi) is 9.84. The summed E-state index contributed by atoms with van der Waals surface area (Å²) in [6.07, 6.45) is 4.07. The van der Waals surface area contributed by atoms with E-state index in [0.29, 0.717) is 24.2 Å². The summed E-state index contributed by atoms with van der Waals surface area (Å²) in [6.45, 7) is 16.1. The zero-order valence-corrected chi connectivity index (χ0v) is 29.0. The molecular formula is C39H50FN3O4. The molecule has 1 aromatic heterocycles. The third-order valence-electron chi connectivity index (χ3n) is 9.91. The first-order chi connectivity index (χ1) is 22.1. The number of aliphatic carboxylic acids is 1. The van der Waals surface area contributed by atoms with Crippen LogP contribution in [0, 0.1) is 30.5 Å². The molecule has 1 aliphatic heterocycles. The number of pyridine rings is 1. The number of carboxylic acids is 1. The number of aromatic nitrogens is 1. The summed E-state index contributed by atoms with van der Waals surface area (Å²) in [5, 5.41) is 13.6. The molecule has 1 unspecified atom stereocenters. The van der Waals surface area contributed by atoms with Crippen molar-refractivity contribution in [2.45, 2.75) is 105 Å². The minimum Gasteiger partial charge on any atom is -0.479 e. The Bertz CT molecular complexity index is 1600. The first-order valence-electron chi connectivity index (χ1n) is 16.9. The van der Waals surface area contributed by atoms with E-state index in [9.17, 15) is 19.1 Å². The van der Waals surface area contributed by atoms with Gasteiger partial charge >= 0.3 is 5.97 Å². The van der Waals surface area contributed by atoms with E-state index in [4.69, 9.17) is 9.72 Å². The number of anilines is 1. The summed E-state index contributed by atoms with van der Waals surface area (Å²) in [4.78, 5) is 33.4. The van der Waals surface area contributed by atoms with Crippen molar-refractivity contribution < 1.29 is 23.8 Å². The molecule has 2 fully saturated rings. The fourth-order valence-electron chi connectivity index (χ4n) is 6.99. The second kappa shape index (κ2) is 13.4. The third kappa shape index (κ3) is 7.86. The smallest absolute Gasteiger partial charge is 0.337 e. The summed E-state index contributed by atoms with van der Waals surface area (Å²) in [5.41, 5.74) is 5.87. The fraction of sp³-hybridized carbons (Fsp3) is 0.513. The van der Waals surface area contributed by atoms with Crippen molar-refractivity contribution in [1.29, 1.82) is 0 Å². The number of amides is 1. The van der Waals surface area contributed by atoms with Crippen LogP contribution in [0.15, 0.2) is 48.5 Å².